The molecular formula is C13H10BrClN2O. The van der Waals surface area contributed by atoms with Crippen LogP contribution in [0.25, 0.3) is 0 Å². The Morgan fingerprint density at radius 1 is 1.22 bits per heavy atom. The summed E-state index contributed by atoms with van der Waals surface area (Å²) in [5, 5.41) is 3.05. The summed E-state index contributed by atoms with van der Waals surface area (Å²) >= 11 is 9.05. The second-order valence-electron chi connectivity index (χ2n) is 3.78. The Bertz CT molecular complexity index is 584. The molecule has 0 aliphatic heterocycles. The van der Waals surface area contributed by atoms with Crippen LogP contribution in [-0.2, 0) is 0 Å². The molecule has 0 atom stereocenters. The van der Waals surface area contributed by atoms with Gasteiger partial charge < -0.3 is 5.32 Å². The molecule has 0 spiro atoms. The number of rotatable bonds is 2. The molecule has 3 nitrogen and oxygen atoms in total. The average molecular weight is 326 g/mol. The number of pyridine rings is 1. The van der Waals surface area contributed by atoms with E-state index in [9.17, 15) is 4.79 Å². The zero-order valence-electron chi connectivity index (χ0n) is 9.58. The van der Waals surface area contributed by atoms with Gasteiger partial charge in [-0.15, -0.1) is 0 Å². The van der Waals surface area contributed by atoms with Gasteiger partial charge in [0.25, 0.3) is 5.91 Å². The molecule has 1 N–H and O–H groups in total. The first kappa shape index (κ1) is 13.1. The molecule has 2 rings (SSSR count). The highest BCUT2D eigenvalue weighted by Gasteiger charge is 2.12. The molecule has 0 saturated carbocycles. The average Bonchev–Trinajstić information content (AvgIpc) is 2.35. The highest BCUT2D eigenvalue weighted by atomic mass is 79.9. The third kappa shape index (κ3) is 3.09. The maximum absolute atomic E-state index is 12.0. The summed E-state index contributed by atoms with van der Waals surface area (Å²) in [6.07, 6.45) is 0. The fourth-order valence-electron chi connectivity index (χ4n) is 1.40. The van der Waals surface area contributed by atoms with Crippen molar-refractivity contribution in [2.24, 2.45) is 0 Å². The third-order valence-electron chi connectivity index (χ3n) is 2.34. The van der Waals surface area contributed by atoms with Crippen molar-refractivity contribution >= 4 is 39.1 Å². The van der Waals surface area contributed by atoms with Crippen LogP contribution in [0, 0.1) is 6.92 Å². The topological polar surface area (TPSA) is 42.0 Å². The standard InChI is InChI=1S/C13H10BrClN2O/c1-8-2-4-9(5-3-8)16-13(18)12-10(14)6-7-11(15)17-12/h2-7H,1H3,(H,16,18). The van der Waals surface area contributed by atoms with Crippen molar-refractivity contribution in [1.29, 1.82) is 0 Å². The van der Waals surface area contributed by atoms with Crippen molar-refractivity contribution in [2.45, 2.75) is 6.92 Å². The third-order valence-corrected chi connectivity index (χ3v) is 3.19. The molecule has 0 bridgehead atoms. The van der Waals surface area contributed by atoms with E-state index in [0.29, 0.717) is 4.47 Å². The number of benzene rings is 1. The Hall–Kier alpha value is -1.39. The lowest BCUT2D eigenvalue weighted by molar-refractivity contribution is 0.102. The minimum atomic E-state index is -0.298. The van der Waals surface area contributed by atoms with Crippen molar-refractivity contribution in [2.75, 3.05) is 5.32 Å². The highest BCUT2D eigenvalue weighted by Crippen LogP contribution is 2.19. The molecule has 2 aromatic rings. The number of amides is 1. The number of anilines is 1. The van der Waals surface area contributed by atoms with E-state index in [-0.39, 0.29) is 16.8 Å². The molecule has 0 unspecified atom stereocenters. The van der Waals surface area contributed by atoms with Crippen LogP contribution in [0.1, 0.15) is 16.1 Å². The van der Waals surface area contributed by atoms with Crippen LogP contribution in [0.3, 0.4) is 0 Å². The number of hydrogen-bond acceptors (Lipinski definition) is 2. The Morgan fingerprint density at radius 2 is 1.89 bits per heavy atom. The summed E-state index contributed by atoms with van der Waals surface area (Å²) in [5.41, 5.74) is 2.12. The van der Waals surface area contributed by atoms with Crippen LogP contribution in [0.15, 0.2) is 40.9 Å². The molecule has 5 heteroatoms. The van der Waals surface area contributed by atoms with Crippen molar-refractivity contribution in [3.8, 4) is 0 Å². The number of aromatic nitrogens is 1. The lowest BCUT2D eigenvalue weighted by Gasteiger charge is -2.06. The van der Waals surface area contributed by atoms with E-state index in [1.54, 1.807) is 12.1 Å². The fraction of sp³-hybridized carbons (Fsp3) is 0.0769. The van der Waals surface area contributed by atoms with Crippen LogP contribution in [0.2, 0.25) is 5.15 Å². The number of hydrogen-bond donors (Lipinski definition) is 1. The first-order valence-electron chi connectivity index (χ1n) is 5.26. The van der Waals surface area contributed by atoms with Crippen LogP contribution in [0.5, 0.6) is 0 Å². The largest absolute Gasteiger partial charge is 0.321 e. The Balaban J connectivity index is 2.21. The van der Waals surface area contributed by atoms with Gasteiger partial charge in [0.1, 0.15) is 10.8 Å². The predicted octanol–water partition coefficient (Wildman–Crippen LogP) is 4.06. The minimum absolute atomic E-state index is 0.267. The van der Waals surface area contributed by atoms with Crippen molar-refractivity contribution < 1.29 is 4.79 Å². The van der Waals surface area contributed by atoms with Crippen molar-refractivity contribution in [3.63, 3.8) is 0 Å². The maximum atomic E-state index is 12.0. The first-order chi connectivity index (χ1) is 8.56. The van der Waals surface area contributed by atoms with Crippen LogP contribution >= 0.6 is 27.5 Å². The van der Waals surface area contributed by atoms with Crippen LogP contribution < -0.4 is 5.32 Å². The predicted molar refractivity (Wildman–Crippen MR) is 76.1 cm³/mol. The van der Waals surface area contributed by atoms with Crippen LogP contribution in [-0.4, -0.2) is 10.9 Å². The molecule has 0 aliphatic rings. The summed E-state index contributed by atoms with van der Waals surface area (Å²) in [5.74, 6) is -0.298. The van der Waals surface area contributed by atoms with E-state index >= 15 is 0 Å². The highest BCUT2D eigenvalue weighted by molar-refractivity contribution is 9.10. The van der Waals surface area contributed by atoms with E-state index in [1.807, 2.05) is 31.2 Å². The number of carbonyl (C=O) groups excluding carboxylic acids is 1. The summed E-state index contributed by atoms with van der Waals surface area (Å²) < 4.78 is 0.608. The van der Waals surface area contributed by atoms with Gasteiger partial charge in [0.05, 0.1) is 0 Å². The lowest BCUT2D eigenvalue weighted by Crippen LogP contribution is -2.14. The number of nitrogens with one attached hydrogen (secondary N) is 1. The van der Waals surface area contributed by atoms with E-state index < -0.39 is 0 Å². The van der Waals surface area contributed by atoms with Gasteiger partial charge in [0, 0.05) is 10.2 Å². The molecule has 0 radical (unpaired) electrons. The second-order valence-corrected chi connectivity index (χ2v) is 5.03. The quantitative estimate of drug-likeness (QED) is 0.846. The fourth-order valence-corrected chi connectivity index (χ4v) is 1.95. The number of halogens is 2. The Morgan fingerprint density at radius 3 is 2.56 bits per heavy atom. The molecular weight excluding hydrogens is 316 g/mol. The van der Waals surface area contributed by atoms with Gasteiger partial charge in [-0.25, -0.2) is 4.98 Å². The summed E-state index contributed by atoms with van der Waals surface area (Å²) in [6.45, 7) is 1.99. The maximum Gasteiger partial charge on any atom is 0.275 e. The first-order valence-corrected chi connectivity index (χ1v) is 6.43. The zero-order chi connectivity index (χ0) is 13.1. The van der Waals surface area contributed by atoms with Gasteiger partial charge in [0.15, 0.2) is 0 Å². The molecule has 1 heterocycles. The lowest BCUT2D eigenvalue weighted by atomic mass is 10.2. The molecule has 1 aromatic heterocycles. The van der Waals surface area contributed by atoms with Gasteiger partial charge in [-0.05, 0) is 47.1 Å². The molecule has 18 heavy (non-hydrogen) atoms. The van der Waals surface area contributed by atoms with E-state index in [4.69, 9.17) is 11.6 Å². The molecule has 1 aromatic carbocycles. The Labute approximate surface area is 118 Å². The molecule has 0 aliphatic carbocycles. The van der Waals surface area contributed by atoms with E-state index in [1.165, 1.54) is 0 Å². The van der Waals surface area contributed by atoms with Gasteiger partial charge in [-0.2, -0.15) is 0 Å². The molecule has 1 amide bonds. The van der Waals surface area contributed by atoms with Gasteiger partial charge in [0.2, 0.25) is 0 Å². The monoisotopic (exact) mass is 324 g/mol. The van der Waals surface area contributed by atoms with E-state index in [0.717, 1.165) is 11.3 Å². The molecule has 0 fully saturated rings. The normalized spacial score (nSPS) is 10.2. The molecule has 92 valence electrons. The van der Waals surface area contributed by atoms with Gasteiger partial charge >= 0.3 is 0 Å². The van der Waals surface area contributed by atoms with Crippen molar-refractivity contribution in [1.82, 2.24) is 4.98 Å². The minimum Gasteiger partial charge on any atom is -0.321 e. The summed E-state index contributed by atoms with van der Waals surface area (Å²) in [6, 6.07) is 10.8. The summed E-state index contributed by atoms with van der Waals surface area (Å²) in [4.78, 5) is 16.0. The zero-order valence-corrected chi connectivity index (χ0v) is 11.9. The molecule has 0 saturated heterocycles. The summed E-state index contributed by atoms with van der Waals surface area (Å²) in [7, 11) is 0. The smallest absolute Gasteiger partial charge is 0.275 e. The van der Waals surface area contributed by atoms with E-state index in [2.05, 4.69) is 26.2 Å². The van der Waals surface area contributed by atoms with Crippen LogP contribution in [0.4, 0.5) is 5.69 Å². The van der Waals surface area contributed by atoms with Gasteiger partial charge in [-0.3, -0.25) is 4.79 Å². The second kappa shape index (κ2) is 5.50. The number of carbonyl (C=O) groups is 1. The van der Waals surface area contributed by atoms with Crippen molar-refractivity contribution in [3.05, 3.63) is 57.3 Å². The number of nitrogens with zero attached hydrogens (tertiary/aromatic N) is 1. The number of aryl methyl sites for hydroxylation is 1. The Kier molecular flexibility index (Phi) is 3.99. The van der Waals surface area contributed by atoms with Gasteiger partial charge in [-0.1, -0.05) is 29.3 Å². The SMILES string of the molecule is Cc1ccc(NC(=O)c2nc(Cl)ccc2Br)cc1.